The van der Waals surface area contributed by atoms with E-state index in [4.69, 9.17) is 34.9 Å². The van der Waals surface area contributed by atoms with Crippen molar-refractivity contribution >= 4 is 46.5 Å². The van der Waals surface area contributed by atoms with Crippen LogP contribution in [0.4, 0.5) is 22.2 Å². The number of carbonyl (C=O) groups is 3. The third-order valence-corrected chi connectivity index (χ3v) is 6.29. The summed E-state index contributed by atoms with van der Waals surface area (Å²) in [7, 11) is 0. The molecular formula is C28H28N8O6. The van der Waals surface area contributed by atoms with Crippen molar-refractivity contribution in [2.24, 2.45) is 0 Å². The molecule has 1 atom stereocenters. The highest BCUT2D eigenvalue weighted by molar-refractivity contribution is 6.11. The Labute approximate surface area is 240 Å². The second kappa shape index (κ2) is 12.1. The zero-order chi connectivity index (χ0) is 29.8. The van der Waals surface area contributed by atoms with Crippen LogP contribution in [0.1, 0.15) is 20.8 Å². The molecule has 216 valence electrons. The number of ether oxygens (including phenoxy) is 3. The third kappa shape index (κ3) is 6.23. The van der Waals surface area contributed by atoms with E-state index < -0.39 is 24.3 Å². The summed E-state index contributed by atoms with van der Waals surface area (Å²) >= 11 is 0. The molecule has 4 heterocycles. The number of benzene rings is 1. The highest BCUT2D eigenvalue weighted by Crippen LogP contribution is 2.31. The Morgan fingerprint density at radius 1 is 0.952 bits per heavy atom. The molecule has 0 radical (unpaired) electrons. The number of hydrogen-bond acceptors (Lipinski definition) is 13. The van der Waals surface area contributed by atoms with Gasteiger partial charge < -0.3 is 24.8 Å². The van der Waals surface area contributed by atoms with Crippen LogP contribution in [0.15, 0.2) is 48.9 Å². The number of nitrogens with zero attached hydrogens (tertiary/aromatic N) is 7. The number of fused-ring (bicyclic) bond motifs is 1. The molecule has 5 rings (SSSR count). The highest BCUT2D eigenvalue weighted by atomic mass is 16.7. The molecule has 1 aliphatic heterocycles. The number of esters is 1. The van der Waals surface area contributed by atoms with Gasteiger partial charge in [-0.3, -0.25) is 14.6 Å². The fourth-order valence-corrected chi connectivity index (χ4v) is 4.43. The van der Waals surface area contributed by atoms with E-state index >= 15 is 0 Å². The van der Waals surface area contributed by atoms with Crippen molar-refractivity contribution in [1.29, 1.82) is 0 Å². The first-order valence-electron chi connectivity index (χ1n) is 13.1. The lowest BCUT2D eigenvalue weighted by molar-refractivity contribution is -0.161. The van der Waals surface area contributed by atoms with Crippen molar-refractivity contribution in [3.05, 3.63) is 48.9 Å². The first-order chi connectivity index (χ1) is 20.2. The number of amides is 2. The van der Waals surface area contributed by atoms with Crippen molar-refractivity contribution in [1.82, 2.24) is 24.9 Å². The van der Waals surface area contributed by atoms with Crippen molar-refractivity contribution in [2.75, 3.05) is 41.8 Å². The summed E-state index contributed by atoms with van der Waals surface area (Å²) in [4.78, 5) is 61.8. The number of imide groups is 1. The van der Waals surface area contributed by atoms with E-state index in [2.05, 4.69) is 14.9 Å². The van der Waals surface area contributed by atoms with Crippen LogP contribution in [-0.2, 0) is 23.8 Å². The maximum Gasteiger partial charge on any atom is 0.424 e. The van der Waals surface area contributed by atoms with Gasteiger partial charge in [0.25, 0.3) is 0 Å². The summed E-state index contributed by atoms with van der Waals surface area (Å²) in [6.07, 6.45) is 2.64. The van der Waals surface area contributed by atoms with Crippen LogP contribution in [-0.4, -0.2) is 75.5 Å². The minimum atomic E-state index is -1.18. The van der Waals surface area contributed by atoms with Crippen LogP contribution in [0.5, 0.6) is 0 Å². The van der Waals surface area contributed by atoms with Gasteiger partial charge in [0.2, 0.25) is 18.1 Å². The number of nitrogen functional groups attached to an aromatic ring is 1. The van der Waals surface area contributed by atoms with E-state index in [1.165, 1.54) is 20.8 Å². The Morgan fingerprint density at radius 2 is 1.67 bits per heavy atom. The Kier molecular flexibility index (Phi) is 8.15. The van der Waals surface area contributed by atoms with Crippen LogP contribution in [0.25, 0.3) is 33.5 Å². The van der Waals surface area contributed by atoms with Gasteiger partial charge in [-0.05, 0) is 23.8 Å². The maximum absolute atomic E-state index is 12.8. The van der Waals surface area contributed by atoms with E-state index in [1.807, 2.05) is 12.1 Å². The Bertz CT molecular complexity index is 1640. The molecule has 3 aromatic heterocycles. The van der Waals surface area contributed by atoms with Gasteiger partial charge in [-0.25, -0.2) is 29.6 Å². The van der Waals surface area contributed by atoms with Crippen molar-refractivity contribution in [3.63, 3.8) is 0 Å². The first kappa shape index (κ1) is 28.3. The largest absolute Gasteiger partial charge is 0.426 e. The molecule has 0 spiro atoms. The summed E-state index contributed by atoms with van der Waals surface area (Å²) in [6.45, 7) is 6.21. The van der Waals surface area contributed by atoms with Crippen molar-refractivity contribution in [2.45, 2.75) is 27.1 Å². The highest BCUT2D eigenvalue weighted by Gasteiger charge is 2.25. The van der Waals surface area contributed by atoms with E-state index in [-0.39, 0.29) is 11.6 Å². The second-order valence-corrected chi connectivity index (χ2v) is 9.36. The molecule has 14 nitrogen and oxygen atoms in total. The minimum absolute atomic E-state index is 0.140. The number of carbonyl (C=O) groups excluding carboxylic acids is 3. The second-order valence-electron chi connectivity index (χ2n) is 9.36. The SMILES string of the molecule is CC(=O)OC(C)OC(=O)N(C(C)=O)c1cccc(-c2cnc3c(N4CCOCC4)nc(-c4cnc(N)nc4)nc3c2)c1. The minimum Gasteiger partial charge on any atom is -0.426 e. The number of pyridine rings is 1. The first-order valence-corrected chi connectivity index (χ1v) is 13.1. The summed E-state index contributed by atoms with van der Waals surface area (Å²) in [6, 6.07) is 8.62. The summed E-state index contributed by atoms with van der Waals surface area (Å²) in [5.74, 6) is -0.00165. The number of nitrogens with two attached hydrogens (primary N) is 1. The van der Waals surface area contributed by atoms with E-state index in [0.717, 1.165) is 4.90 Å². The van der Waals surface area contributed by atoms with Gasteiger partial charge in [0.05, 0.1) is 30.0 Å². The summed E-state index contributed by atoms with van der Waals surface area (Å²) in [5.41, 5.74) is 9.04. The molecule has 2 N–H and O–H groups in total. The van der Waals surface area contributed by atoms with E-state index in [0.29, 0.717) is 65.7 Å². The van der Waals surface area contributed by atoms with Gasteiger partial charge in [0.1, 0.15) is 5.52 Å². The Balaban J connectivity index is 1.54. The van der Waals surface area contributed by atoms with Crippen LogP contribution < -0.4 is 15.5 Å². The molecule has 1 aliphatic rings. The summed E-state index contributed by atoms with van der Waals surface area (Å²) < 4.78 is 15.5. The van der Waals surface area contributed by atoms with Gasteiger partial charge >= 0.3 is 12.1 Å². The Morgan fingerprint density at radius 3 is 2.36 bits per heavy atom. The normalized spacial score (nSPS) is 13.8. The lowest BCUT2D eigenvalue weighted by atomic mass is 10.1. The van der Waals surface area contributed by atoms with Gasteiger partial charge in [-0.2, -0.15) is 0 Å². The van der Waals surface area contributed by atoms with Crippen molar-refractivity contribution < 1.29 is 28.6 Å². The standard InChI is InChI=1S/C28H28N8O6/c1-16(37)36(28(39)42-18(3)41-17(2)38)22-6-4-5-19(11-22)20-12-23-24(30-13-20)26(35-7-9-40-10-8-35)34-25(33-23)21-14-31-27(29)32-15-21/h4-6,11-15,18H,7-10H2,1-3H3,(H2,29,31,32). The van der Waals surface area contributed by atoms with Crippen LogP contribution in [0.3, 0.4) is 0 Å². The third-order valence-electron chi connectivity index (χ3n) is 6.29. The number of rotatable bonds is 6. The topological polar surface area (TPSA) is 176 Å². The van der Waals surface area contributed by atoms with Gasteiger partial charge in [-0.1, -0.05) is 12.1 Å². The van der Waals surface area contributed by atoms with Gasteiger partial charge in [0.15, 0.2) is 11.6 Å². The molecule has 4 aromatic rings. The average molecular weight is 573 g/mol. The quantitative estimate of drug-likeness (QED) is 0.264. The molecular weight excluding hydrogens is 544 g/mol. The zero-order valence-electron chi connectivity index (χ0n) is 23.2. The molecule has 0 bridgehead atoms. The lowest BCUT2D eigenvalue weighted by Gasteiger charge is -2.28. The molecule has 0 saturated carbocycles. The van der Waals surface area contributed by atoms with Crippen LogP contribution in [0, 0.1) is 0 Å². The molecule has 2 amide bonds. The predicted octanol–water partition coefficient (Wildman–Crippen LogP) is 2.97. The molecule has 14 heteroatoms. The molecule has 1 saturated heterocycles. The Hall–Kier alpha value is -5.24. The molecule has 1 unspecified atom stereocenters. The zero-order valence-corrected chi connectivity index (χ0v) is 23.2. The monoisotopic (exact) mass is 572 g/mol. The molecule has 1 aromatic carbocycles. The average Bonchev–Trinajstić information content (AvgIpc) is 2.96. The molecule has 1 fully saturated rings. The number of anilines is 3. The van der Waals surface area contributed by atoms with E-state index in [9.17, 15) is 14.4 Å². The van der Waals surface area contributed by atoms with E-state index in [1.54, 1.807) is 36.8 Å². The van der Waals surface area contributed by atoms with Gasteiger partial charge in [-0.15, -0.1) is 0 Å². The number of aromatic nitrogens is 5. The fourth-order valence-electron chi connectivity index (χ4n) is 4.43. The summed E-state index contributed by atoms with van der Waals surface area (Å²) in [5, 5.41) is 0. The molecule has 42 heavy (non-hydrogen) atoms. The van der Waals surface area contributed by atoms with Crippen LogP contribution in [0.2, 0.25) is 0 Å². The predicted molar refractivity (Wildman–Crippen MR) is 152 cm³/mol. The lowest BCUT2D eigenvalue weighted by Crippen LogP contribution is -2.38. The number of morpholine rings is 1. The fraction of sp³-hybridized carbons (Fsp3) is 0.286. The molecule has 0 aliphatic carbocycles. The maximum atomic E-state index is 12.8. The smallest absolute Gasteiger partial charge is 0.424 e. The van der Waals surface area contributed by atoms with Gasteiger partial charge in [0, 0.05) is 58.0 Å². The number of hydrogen-bond donors (Lipinski definition) is 1. The van der Waals surface area contributed by atoms with Crippen LogP contribution >= 0.6 is 0 Å². The van der Waals surface area contributed by atoms with Crippen molar-refractivity contribution in [3.8, 4) is 22.5 Å².